The number of carbonyl (C=O) groups excluding carboxylic acids is 2. The molecule has 0 spiro atoms. The van der Waals surface area contributed by atoms with Crippen LogP contribution in [-0.4, -0.2) is 35.6 Å². The molecule has 0 saturated carbocycles. The van der Waals surface area contributed by atoms with Crippen LogP contribution >= 0.6 is 0 Å². The Balaban J connectivity index is 3.91. The third kappa shape index (κ3) is 27.8. The standard InChI is InChI=1S/C33H63NO5/c1-3-5-7-9-11-13-15-17-19-21-23-25-29-39-33(38)30(27-28-32(36)37)34-31(35)26-24-22-20-18-16-14-12-10-8-6-4-2/h30H,3-29H2,1-2H3,(H,34,35)(H,36,37)/t30-/m0/s1. The first-order valence-corrected chi connectivity index (χ1v) is 16.7. The molecule has 6 heteroatoms. The average molecular weight is 554 g/mol. The van der Waals surface area contributed by atoms with Crippen LogP contribution < -0.4 is 5.32 Å². The largest absolute Gasteiger partial charge is 0.481 e. The van der Waals surface area contributed by atoms with Crippen LogP contribution in [0.5, 0.6) is 0 Å². The second-order valence-corrected chi connectivity index (χ2v) is 11.4. The summed E-state index contributed by atoms with van der Waals surface area (Å²) in [5.74, 6) is -1.68. The van der Waals surface area contributed by atoms with Crippen LogP contribution in [0.15, 0.2) is 0 Å². The number of carbonyl (C=O) groups is 3. The van der Waals surface area contributed by atoms with Crippen LogP contribution in [0.25, 0.3) is 0 Å². The summed E-state index contributed by atoms with van der Waals surface area (Å²) in [5.41, 5.74) is 0. The Hall–Kier alpha value is -1.59. The van der Waals surface area contributed by atoms with Crippen molar-refractivity contribution in [3.63, 3.8) is 0 Å². The summed E-state index contributed by atoms with van der Waals surface area (Å²) < 4.78 is 5.39. The van der Waals surface area contributed by atoms with Gasteiger partial charge in [-0.2, -0.15) is 0 Å². The zero-order valence-electron chi connectivity index (χ0n) is 25.7. The number of hydrogen-bond donors (Lipinski definition) is 2. The van der Waals surface area contributed by atoms with Crippen molar-refractivity contribution in [3.05, 3.63) is 0 Å². The van der Waals surface area contributed by atoms with Gasteiger partial charge in [-0.15, -0.1) is 0 Å². The maximum Gasteiger partial charge on any atom is 0.328 e. The number of esters is 1. The smallest absolute Gasteiger partial charge is 0.328 e. The topological polar surface area (TPSA) is 92.7 Å². The van der Waals surface area contributed by atoms with Gasteiger partial charge in [0.1, 0.15) is 6.04 Å². The lowest BCUT2D eigenvalue weighted by molar-refractivity contribution is -0.148. The van der Waals surface area contributed by atoms with E-state index in [4.69, 9.17) is 9.84 Å². The zero-order valence-corrected chi connectivity index (χ0v) is 25.7. The van der Waals surface area contributed by atoms with E-state index in [0.717, 1.165) is 38.5 Å². The van der Waals surface area contributed by atoms with Crippen LogP contribution in [0.4, 0.5) is 0 Å². The van der Waals surface area contributed by atoms with Crippen molar-refractivity contribution in [2.45, 2.75) is 187 Å². The molecule has 0 saturated heterocycles. The first-order chi connectivity index (χ1) is 19.0. The van der Waals surface area contributed by atoms with Gasteiger partial charge in [-0.3, -0.25) is 9.59 Å². The van der Waals surface area contributed by atoms with E-state index in [0.29, 0.717) is 13.0 Å². The Bertz CT molecular complexity index is 580. The number of amides is 1. The highest BCUT2D eigenvalue weighted by atomic mass is 16.5. The van der Waals surface area contributed by atoms with Gasteiger partial charge in [-0.1, -0.05) is 149 Å². The molecule has 0 aliphatic heterocycles. The Morgan fingerprint density at radius 3 is 1.36 bits per heavy atom. The Kier molecular flexibility index (Phi) is 28.2. The monoisotopic (exact) mass is 553 g/mol. The van der Waals surface area contributed by atoms with Crippen LogP contribution in [0.2, 0.25) is 0 Å². The predicted molar refractivity (Wildman–Crippen MR) is 162 cm³/mol. The quantitative estimate of drug-likeness (QED) is 0.0683. The van der Waals surface area contributed by atoms with Crippen molar-refractivity contribution in [2.24, 2.45) is 0 Å². The number of aliphatic carboxylic acids is 1. The lowest BCUT2D eigenvalue weighted by atomic mass is 10.0. The molecule has 0 fully saturated rings. The molecule has 1 amide bonds. The maximum atomic E-state index is 12.5. The summed E-state index contributed by atoms with van der Waals surface area (Å²) in [5, 5.41) is 11.8. The predicted octanol–water partition coefficient (Wildman–Crippen LogP) is 9.28. The van der Waals surface area contributed by atoms with Crippen LogP contribution in [0.3, 0.4) is 0 Å². The lowest BCUT2D eigenvalue weighted by Gasteiger charge is -2.17. The van der Waals surface area contributed by atoms with E-state index in [-0.39, 0.29) is 18.7 Å². The molecule has 0 radical (unpaired) electrons. The Morgan fingerprint density at radius 1 is 0.564 bits per heavy atom. The van der Waals surface area contributed by atoms with Crippen molar-refractivity contribution in [3.8, 4) is 0 Å². The van der Waals surface area contributed by atoms with E-state index in [1.54, 1.807) is 0 Å². The summed E-state index contributed by atoms with van der Waals surface area (Å²) in [6, 6.07) is -0.876. The van der Waals surface area contributed by atoms with Gasteiger partial charge in [-0.25, -0.2) is 4.79 Å². The number of carboxylic acids is 1. The van der Waals surface area contributed by atoms with Crippen LogP contribution in [-0.2, 0) is 19.1 Å². The number of hydrogen-bond acceptors (Lipinski definition) is 4. The molecule has 0 aromatic carbocycles. The number of carboxylic acid groups (broad SMARTS) is 1. The van der Waals surface area contributed by atoms with Gasteiger partial charge in [-0.05, 0) is 19.3 Å². The van der Waals surface area contributed by atoms with Gasteiger partial charge in [0.15, 0.2) is 0 Å². The van der Waals surface area contributed by atoms with Crippen molar-refractivity contribution < 1.29 is 24.2 Å². The van der Waals surface area contributed by atoms with Gasteiger partial charge >= 0.3 is 11.9 Å². The number of rotatable bonds is 30. The molecule has 230 valence electrons. The van der Waals surface area contributed by atoms with Gasteiger partial charge in [0.2, 0.25) is 5.91 Å². The molecule has 6 nitrogen and oxygen atoms in total. The minimum absolute atomic E-state index is 0.0661. The second-order valence-electron chi connectivity index (χ2n) is 11.4. The Morgan fingerprint density at radius 2 is 0.949 bits per heavy atom. The minimum atomic E-state index is -0.978. The van der Waals surface area contributed by atoms with Crippen molar-refractivity contribution in [1.29, 1.82) is 0 Å². The van der Waals surface area contributed by atoms with E-state index in [9.17, 15) is 14.4 Å². The van der Waals surface area contributed by atoms with Crippen molar-refractivity contribution >= 4 is 17.8 Å². The summed E-state index contributed by atoms with van der Waals surface area (Å²) >= 11 is 0. The molecule has 0 aliphatic rings. The minimum Gasteiger partial charge on any atom is -0.481 e. The second kappa shape index (κ2) is 29.4. The van der Waals surface area contributed by atoms with E-state index >= 15 is 0 Å². The van der Waals surface area contributed by atoms with Crippen LogP contribution in [0.1, 0.15) is 181 Å². The van der Waals surface area contributed by atoms with Gasteiger partial charge in [0.05, 0.1) is 6.61 Å². The fourth-order valence-electron chi connectivity index (χ4n) is 4.95. The molecule has 0 unspecified atom stereocenters. The third-order valence-electron chi connectivity index (χ3n) is 7.52. The highest BCUT2D eigenvalue weighted by Gasteiger charge is 2.23. The average Bonchev–Trinajstić information content (AvgIpc) is 2.92. The SMILES string of the molecule is CCCCCCCCCCCCCCOC(=O)[C@H](CCC(=O)O)NC(=O)CCCCCCCCCCCCC. The molecule has 0 rings (SSSR count). The molecule has 0 bridgehead atoms. The molecule has 0 aromatic heterocycles. The fourth-order valence-corrected chi connectivity index (χ4v) is 4.95. The molecule has 0 aromatic rings. The highest BCUT2D eigenvalue weighted by Crippen LogP contribution is 2.13. The molecule has 0 aliphatic carbocycles. The van der Waals surface area contributed by atoms with Crippen LogP contribution in [0, 0.1) is 0 Å². The van der Waals surface area contributed by atoms with E-state index in [1.807, 2.05) is 0 Å². The summed E-state index contributed by atoms with van der Waals surface area (Å²) in [6.45, 7) is 4.81. The number of ether oxygens (including phenoxy) is 1. The Labute approximate surface area is 240 Å². The number of nitrogens with one attached hydrogen (secondary N) is 1. The molecular formula is C33H63NO5. The fraction of sp³-hybridized carbons (Fsp3) is 0.909. The molecule has 0 heterocycles. The summed E-state index contributed by atoms with van der Waals surface area (Å²) in [4.78, 5) is 35.9. The van der Waals surface area contributed by atoms with E-state index in [2.05, 4.69) is 19.2 Å². The lowest BCUT2D eigenvalue weighted by Crippen LogP contribution is -2.42. The number of unbranched alkanes of at least 4 members (excludes halogenated alkanes) is 21. The normalized spacial score (nSPS) is 11.8. The molecular weight excluding hydrogens is 490 g/mol. The maximum absolute atomic E-state index is 12.5. The van der Waals surface area contributed by atoms with E-state index < -0.39 is 18.0 Å². The summed E-state index contributed by atoms with van der Waals surface area (Å²) in [6.07, 6.45) is 28.5. The van der Waals surface area contributed by atoms with Crippen molar-refractivity contribution in [2.75, 3.05) is 6.61 Å². The van der Waals surface area contributed by atoms with E-state index in [1.165, 1.54) is 109 Å². The molecule has 39 heavy (non-hydrogen) atoms. The van der Waals surface area contributed by atoms with Crippen molar-refractivity contribution in [1.82, 2.24) is 5.32 Å². The highest BCUT2D eigenvalue weighted by molar-refractivity contribution is 5.84. The zero-order chi connectivity index (χ0) is 28.8. The first kappa shape index (κ1) is 37.4. The van der Waals surface area contributed by atoms with Gasteiger partial charge in [0, 0.05) is 12.8 Å². The van der Waals surface area contributed by atoms with Gasteiger partial charge < -0.3 is 15.2 Å². The molecule has 1 atom stereocenters. The summed E-state index contributed by atoms with van der Waals surface area (Å²) in [7, 11) is 0. The van der Waals surface area contributed by atoms with Gasteiger partial charge in [0.25, 0.3) is 0 Å². The molecule has 2 N–H and O–H groups in total. The first-order valence-electron chi connectivity index (χ1n) is 16.7. The third-order valence-corrected chi connectivity index (χ3v) is 7.52.